The van der Waals surface area contributed by atoms with Crippen molar-refractivity contribution in [2.75, 3.05) is 10.6 Å². The molecule has 0 unspecified atom stereocenters. The first kappa shape index (κ1) is 16.3. The number of hydrogen-bond donors (Lipinski definition) is 2. The van der Waals surface area contributed by atoms with Crippen LogP contribution in [0.3, 0.4) is 0 Å². The highest BCUT2D eigenvalue weighted by molar-refractivity contribution is 6.34. The molecule has 2 atom stereocenters. The number of halogens is 3. The Balaban J connectivity index is 1.72. The van der Waals surface area contributed by atoms with E-state index in [-0.39, 0.29) is 28.5 Å². The number of aromatic nitrogens is 1. The van der Waals surface area contributed by atoms with E-state index in [1.54, 1.807) is 0 Å². The molecular formula is C16H12ClF2N3O2. The standard InChI is InChI=1S/C16H12ClF2N3O2/c17-10-2-1-3-11(18)14(10)16(24)21-8-4-5-20-13(6-8)22-15(23)9-7-12(9)19/h1-6,9,12H,7H2,(H2,20,21,22,23,24)/t9-,12+/m1/s1. The van der Waals surface area contributed by atoms with Crippen molar-refractivity contribution >= 4 is 34.9 Å². The lowest BCUT2D eigenvalue weighted by Gasteiger charge is -2.09. The van der Waals surface area contributed by atoms with Gasteiger partial charge in [-0.2, -0.15) is 0 Å². The van der Waals surface area contributed by atoms with Gasteiger partial charge in [-0.3, -0.25) is 9.59 Å². The number of carbonyl (C=O) groups excluding carboxylic acids is 2. The first-order valence-electron chi connectivity index (χ1n) is 7.12. The molecule has 0 spiro atoms. The van der Waals surface area contributed by atoms with E-state index in [1.165, 1.54) is 30.5 Å². The lowest BCUT2D eigenvalue weighted by molar-refractivity contribution is -0.117. The number of pyridine rings is 1. The van der Waals surface area contributed by atoms with Gasteiger partial charge in [0, 0.05) is 18.0 Å². The van der Waals surface area contributed by atoms with Crippen molar-refractivity contribution in [3.05, 3.63) is 52.9 Å². The average molecular weight is 352 g/mol. The molecule has 1 heterocycles. The van der Waals surface area contributed by atoms with Crippen molar-refractivity contribution in [2.45, 2.75) is 12.6 Å². The highest BCUT2D eigenvalue weighted by Crippen LogP contribution is 2.34. The van der Waals surface area contributed by atoms with Crippen LogP contribution in [0.25, 0.3) is 0 Å². The molecule has 1 aliphatic carbocycles. The van der Waals surface area contributed by atoms with Crippen LogP contribution in [-0.4, -0.2) is 23.0 Å². The number of carbonyl (C=O) groups is 2. The smallest absolute Gasteiger partial charge is 0.260 e. The Morgan fingerprint density at radius 2 is 2.00 bits per heavy atom. The van der Waals surface area contributed by atoms with E-state index in [0.717, 1.165) is 6.07 Å². The molecule has 2 N–H and O–H groups in total. The van der Waals surface area contributed by atoms with Gasteiger partial charge in [-0.15, -0.1) is 0 Å². The molecule has 1 aromatic carbocycles. The Bertz CT molecular complexity index is 795. The first-order valence-corrected chi connectivity index (χ1v) is 7.50. The lowest BCUT2D eigenvalue weighted by Crippen LogP contribution is -2.17. The summed E-state index contributed by atoms with van der Waals surface area (Å²) in [5.74, 6) is -2.42. The van der Waals surface area contributed by atoms with E-state index in [2.05, 4.69) is 15.6 Å². The molecule has 124 valence electrons. The number of nitrogens with zero attached hydrogens (tertiary/aromatic N) is 1. The maximum absolute atomic E-state index is 13.7. The second-order valence-electron chi connectivity index (χ2n) is 5.33. The van der Waals surface area contributed by atoms with Crippen LogP contribution in [0.2, 0.25) is 5.02 Å². The van der Waals surface area contributed by atoms with Gasteiger partial charge in [-0.05, 0) is 24.6 Å². The normalized spacial score (nSPS) is 18.8. The van der Waals surface area contributed by atoms with Gasteiger partial charge in [0.25, 0.3) is 5.91 Å². The van der Waals surface area contributed by atoms with E-state index in [0.29, 0.717) is 0 Å². The fourth-order valence-corrected chi connectivity index (χ4v) is 2.39. The summed E-state index contributed by atoms with van der Waals surface area (Å²) in [7, 11) is 0. The zero-order valence-electron chi connectivity index (χ0n) is 12.2. The molecule has 3 rings (SSSR count). The fourth-order valence-electron chi connectivity index (χ4n) is 2.14. The zero-order chi connectivity index (χ0) is 17.3. The first-order chi connectivity index (χ1) is 11.5. The number of benzene rings is 1. The predicted octanol–water partition coefficient (Wildman–Crippen LogP) is 3.42. The van der Waals surface area contributed by atoms with Crippen LogP contribution in [0.5, 0.6) is 0 Å². The Labute approximate surface area is 141 Å². The van der Waals surface area contributed by atoms with Crippen LogP contribution in [0.1, 0.15) is 16.8 Å². The summed E-state index contributed by atoms with van der Waals surface area (Å²) in [4.78, 5) is 27.8. The quantitative estimate of drug-likeness (QED) is 0.886. The van der Waals surface area contributed by atoms with E-state index in [4.69, 9.17) is 11.6 Å². The minimum atomic E-state index is -1.11. The molecule has 0 aliphatic heterocycles. The highest BCUT2D eigenvalue weighted by Gasteiger charge is 2.43. The summed E-state index contributed by atoms with van der Waals surface area (Å²) in [6.45, 7) is 0. The van der Waals surface area contributed by atoms with Crippen LogP contribution < -0.4 is 10.6 Å². The van der Waals surface area contributed by atoms with Gasteiger partial charge in [0.05, 0.1) is 16.5 Å². The molecule has 1 saturated carbocycles. The third-order valence-electron chi connectivity index (χ3n) is 3.51. The summed E-state index contributed by atoms with van der Waals surface area (Å²) in [5, 5.41) is 4.93. The Morgan fingerprint density at radius 1 is 1.25 bits per heavy atom. The predicted molar refractivity (Wildman–Crippen MR) is 85.2 cm³/mol. The summed E-state index contributed by atoms with van der Waals surface area (Å²) in [6.07, 6.45) is 0.443. The van der Waals surface area contributed by atoms with Crippen LogP contribution in [0, 0.1) is 11.7 Å². The summed E-state index contributed by atoms with van der Waals surface area (Å²) in [6, 6.07) is 6.78. The van der Waals surface area contributed by atoms with E-state index >= 15 is 0 Å². The van der Waals surface area contributed by atoms with Crippen molar-refractivity contribution in [2.24, 2.45) is 5.92 Å². The minimum absolute atomic E-state index is 0.0159. The van der Waals surface area contributed by atoms with Crippen molar-refractivity contribution in [1.82, 2.24) is 4.98 Å². The summed E-state index contributed by atoms with van der Waals surface area (Å²) >= 11 is 5.84. The molecule has 1 aliphatic rings. The molecule has 8 heteroatoms. The molecule has 1 aromatic heterocycles. The second-order valence-corrected chi connectivity index (χ2v) is 5.74. The van der Waals surface area contributed by atoms with Crippen LogP contribution in [0.4, 0.5) is 20.3 Å². The van der Waals surface area contributed by atoms with Gasteiger partial charge in [-0.25, -0.2) is 13.8 Å². The monoisotopic (exact) mass is 351 g/mol. The SMILES string of the molecule is O=C(Nc1ccnc(NC(=O)[C@@H]2C[C@@H]2F)c1)c1c(F)cccc1Cl. The van der Waals surface area contributed by atoms with Gasteiger partial charge in [-0.1, -0.05) is 17.7 Å². The number of alkyl halides is 1. The highest BCUT2D eigenvalue weighted by atomic mass is 35.5. The van der Waals surface area contributed by atoms with Crippen LogP contribution >= 0.6 is 11.6 Å². The number of amides is 2. The third-order valence-corrected chi connectivity index (χ3v) is 3.82. The maximum atomic E-state index is 13.7. The van der Waals surface area contributed by atoms with Gasteiger partial charge in [0.1, 0.15) is 17.8 Å². The molecule has 0 saturated heterocycles. The molecule has 0 bridgehead atoms. The third kappa shape index (κ3) is 3.51. The van der Waals surface area contributed by atoms with Gasteiger partial charge in [0.2, 0.25) is 5.91 Å². The van der Waals surface area contributed by atoms with Gasteiger partial charge in [0.15, 0.2) is 0 Å². The topological polar surface area (TPSA) is 71.1 Å². The largest absolute Gasteiger partial charge is 0.322 e. The van der Waals surface area contributed by atoms with Crippen LogP contribution in [-0.2, 0) is 4.79 Å². The molecule has 24 heavy (non-hydrogen) atoms. The number of hydrogen-bond acceptors (Lipinski definition) is 3. The number of nitrogens with one attached hydrogen (secondary N) is 2. The molecule has 5 nitrogen and oxygen atoms in total. The fraction of sp³-hybridized carbons (Fsp3) is 0.188. The van der Waals surface area contributed by atoms with Crippen molar-refractivity contribution in [3.8, 4) is 0 Å². The van der Waals surface area contributed by atoms with E-state index < -0.39 is 29.7 Å². The molecule has 1 fully saturated rings. The summed E-state index contributed by atoms with van der Waals surface area (Å²) < 4.78 is 26.6. The Kier molecular flexibility index (Phi) is 4.44. The van der Waals surface area contributed by atoms with Gasteiger partial charge >= 0.3 is 0 Å². The summed E-state index contributed by atoms with van der Waals surface area (Å²) in [5.41, 5.74) is 0.0111. The van der Waals surface area contributed by atoms with Gasteiger partial charge < -0.3 is 10.6 Å². The van der Waals surface area contributed by atoms with Crippen molar-refractivity contribution < 1.29 is 18.4 Å². The molecular weight excluding hydrogens is 340 g/mol. The minimum Gasteiger partial charge on any atom is -0.322 e. The Hall–Kier alpha value is -2.54. The zero-order valence-corrected chi connectivity index (χ0v) is 13.0. The van der Waals surface area contributed by atoms with E-state index in [1.807, 2.05) is 0 Å². The number of anilines is 2. The maximum Gasteiger partial charge on any atom is 0.260 e. The molecule has 2 amide bonds. The van der Waals surface area contributed by atoms with Crippen molar-refractivity contribution in [1.29, 1.82) is 0 Å². The number of rotatable bonds is 4. The van der Waals surface area contributed by atoms with Crippen molar-refractivity contribution in [3.63, 3.8) is 0 Å². The Morgan fingerprint density at radius 3 is 2.67 bits per heavy atom. The van der Waals surface area contributed by atoms with Crippen LogP contribution in [0.15, 0.2) is 36.5 Å². The average Bonchev–Trinajstić information content (AvgIpc) is 3.24. The lowest BCUT2D eigenvalue weighted by atomic mass is 10.2. The molecule has 2 aromatic rings. The second kappa shape index (κ2) is 6.52. The molecule has 0 radical (unpaired) electrons. The van der Waals surface area contributed by atoms with E-state index in [9.17, 15) is 18.4 Å².